The summed E-state index contributed by atoms with van der Waals surface area (Å²) in [5.74, 6) is 0. The van der Waals surface area contributed by atoms with E-state index in [-0.39, 0.29) is 0 Å². The summed E-state index contributed by atoms with van der Waals surface area (Å²) >= 11 is 0. The summed E-state index contributed by atoms with van der Waals surface area (Å²) in [5, 5.41) is 3.53. The smallest absolute Gasteiger partial charge is 0.0438 e. The first-order chi connectivity index (χ1) is 6.70. The molecule has 1 N–H and O–H groups in total. The van der Waals surface area contributed by atoms with Crippen molar-refractivity contribution in [3.8, 4) is 0 Å². The van der Waals surface area contributed by atoms with Gasteiger partial charge in [-0.05, 0) is 20.0 Å². The largest absolute Gasteiger partial charge is 0.383 e. The highest BCUT2D eigenvalue weighted by Gasteiger charge is 2.34. The maximum absolute atomic E-state index is 4.03. The van der Waals surface area contributed by atoms with Gasteiger partial charge in [0.15, 0.2) is 0 Å². The Bertz CT molecular complexity index is 227. The van der Waals surface area contributed by atoms with Gasteiger partial charge in [0, 0.05) is 37.4 Å². The van der Waals surface area contributed by atoms with Crippen LogP contribution in [0.5, 0.6) is 0 Å². The van der Waals surface area contributed by atoms with E-state index in [2.05, 4.69) is 35.7 Å². The summed E-state index contributed by atoms with van der Waals surface area (Å²) in [6.45, 7) is 10.9. The van der Waals surface area contributed by atoms with Crippen LogP contribution in [-0.2, 0) is 0 Å². The van der Waals surface area contributed by atoms with Crippen LogP contribution in [-0.4, -0.2) is 55.1 Å². The fourth-order valence-electron chi connectivity index (χ4n) is 2.63. The van der Waals surface area contributed by atoms with Crippen LogP contribution < -0.4 is 5.32 Å². The van der Waals surface area contributed by atoms with Gasteiger partial charge in [-0.3, -0.25) is 4.90 Å². The topological polar surface area (TPSA) is 18.5 Å². The van der Waals surface area contributed by atoms with Gasteiger partial charge in [0.25, 0.3) is 0 Å². The molecular formula is C11H21N3. The Morgan fingerprint density at radius 2 is 2.36 bits per heavy atom. The van der Waals surface area contributed by atoms with Crippen molar-refractivity contribution in [1.29, 1.82) is 0 Å². The number of likely N-dealkylation sites (tertiary alicyclic amines) is 1. The van der Waals surface area contributed by atoms with Crippen LogP contribution in [0.3, 0.4) is 0 Å². The molecule has 0 aromatic carbocycles. The molecule has 0 saturated carbocycles. The molecule has 2 aliphatic rings. The van der Waals surface area contributed by atoms with E-state index in [0.29, 0.717) is 12.1 Å². The number of likely N-dealkylation sites (N-methyl/N-ethyl adjacent to an activating group) is 2. The normalized spacial score (nSPS) is 35.1. The van der Waals surface area contributed by atoms with Crippen LogP contribution in [0.15, 0.2) is 12.3 Å². The zero-order valence-electron chi connectivity index (χ0n) is 9.29. The lowest BCUT2D eigenvalue weighted by Gasteiger charge is -2.47. The van der Waals surface area contributed by atoms with E-state index in [4.69, 9.17) is 0 Å². The molecule has 2 unspecified atom stereocenters. The Kier molecular flexibility index (Phi) is 2.79. The fourth-order valence-corrected chi connectivity index (χ4v) is 2.63. The molecule has 0 amide bonds. The summed E-state index contributed by atoms with van der Waals surface area (Å²) in [6.07, 6.45) is 1.25. The number of hydrogen-bond acceptors (Lipinski definition) is 3. The Labute approximate surface area is 86.8 Å². The van der Waals surface area contributed by atoms with Gasteiger partial charge in [0.05, 0.1) is 0 Å². The zero-order valence-corrected chi connectivity index (χ0v) is 9.29. The standard InChI is InChI=1S/C11H21N3/c1-4-14-6-5-10-11(8-14)13(3)7-9(2)12-10/h10-12H,2,4-8H2,1,3H3. The lowest BCUT2D eigenvalue weighted by Crippen LogP contribution is -2.62. The molecule has 0 radical (unpaired) electrons. The van der Waals surface area contributed by atoms with Crippen molar-refractivity contribution < 1.29 is 0 Å². The first kappa shape index (κ1) is 9.99. The molecule has 0 aromatic heterocycles. The van der Waals surface area contributed by atoms with Crippen LogP contribution in [0.2, 0.25) is 0 Å². The van der Waals surface area contributed by atoms with E-state index in [1.165, 1.54) is 31.8 Å². The number of rotatable bonds is 1. The molecule has 2 aliphatic heterocycles. The summed E-state index contributed by atoms with van der Waals surface area (Å²) in [5.41, 5.74) is 1.18. The highest BCUT2D eigenvalue weighted by Crippen LogP contribution is 2.20. The maximum Gasteiger partial charge on any atom is 0.0438 e. The van der Waals surface area contributed by atoms with E-state index in [0.717, 1.165) is 6.54 Å². The number of nitrogens with one attached hydrogen (secondary N) is 1. The summed E-state index contributed by atoms with van der Waals surface area (Å²) < 4.78 is 0. The highest BCUT2D eigenvalue weighted by molar-refractivity contribution is 5.07. The molecule has 2 heterocycles. The lowest BCUT2D eigenvalue weighted by molar-refractivity contribution is 0.0779. The number of nitrogens with zero attached hydrogens (tertiary/aromatic N) is 2. The second kappa shape index (κ2) is 3.91. The van der Waals surface area contributed by atoms with Crippen molar-refractivity contribution >= 4 is 0 Å². The quantitative estimate of drug-likeness (QED) is 0.657. The molecule has 0 aromatic rings. The van der Waals surface area contributed by atoms with Crippen molar-refractivity contribution in [3.63, 3.8) is 0 Å². The molecule has 2 atom stereocenters. The number of fused-ring (bicyclic) bond motifs is 1. The second-order valence-electron chi connectivity index (χ2n) is 4.52. The van der Waals surface area contributed by atoms with Gasteiger partial charge in [0.1, 0.15) is 0 Å². The van der Waals surface area contributed by atoms with Crippen LogP contribution in [0.25, 0.3) is 0 Å². The van der Waals surface area contributed by atoms with E-state index >= 15 is 0 Å². The third-order valence-electron chi connectivity index (χ3n) is 3.51. The maximum atomic E-state index is 4.03. The minimum absolute atomic E-state index is 0.629. The SMILES string of the molecule is C=C1CN(C)C2CN(CC)CCC2N1. The zero-order chi connectivity index (χ0) is 10.1. The summed E-state index contributed by atoms with van der Waals surface area (Å²) in [6, 6.07) is 1.30. The number of hydrogen-bond donors (Lipinski definition) is 1. The monoisotopic (exact) mass is 195 g/mol. The highest BCUT2D eigenvalue weighted by atomic mass is 15.3. The van der Waals surface area contributed by atoms with E-state index in [1.807, 2.05) is 0 Å². The van der Waals surface area contributed by atoms with E-state index in [9.17, 15) is 0 Å². The van der Waals surface area contributed by atoms with Crippen molar-refractivity contribution in [2.24, 2.45) is 0 Å². The third kappa shape index (κ3) is 1.79. The van der Waals surface area contributed by atoms with Crippen molar-refractivity contribution in [2.45, 2.75) is 25.4 Å². The molecule has 0 aliphatic carbocycles. The summed E-state index contributed by atoms with van der Waals surface area (Å²) in [4.78, 5) is 4.97. The Morgan fingerprint density at radius 1 is 1.57 bits per heavy atom. The molecular weight excluding hydrogens is 174 g/mol. The Balaban J connectivity index is 2.02. The minimum atomic E-state index is 0.629. The molecule has 3 heteroatoms. The van der Waals surface area contributed by atoms with Gasteiger partial charge < -0.3 is 10.2 Å². The van der Waals surface area contributed by atoms with E-state index < -0.39 is 0 Å². The minimum Gasteiger partial charge on any atom is -0.383 e. The van der Waals surface area contributed by atoms with Crippen molar-refractivity contribution in [2.75, 3.05) is 33.2 Å². The average Bonchev–Trinajstić information content (AvgIpc) is 2.17. The van der Waals surface area contributed by atoms with E-state index in [1.54, 1.807) is 0 Å². The first-order valence-electron chi connectivity index (χ1n) is 5.57. The number of piperidine rings is 1. The second-order valence-corrected chi connectivity index (χ2v) is 4.52. The fraction of sp³-hybridized carbons (Fsp3) is 0.818. The lowest BCUT2D eigenvalue weighted by atomic mass is 9.95. The van der Waals surface area contributed by atoms with Gasteiger partial charge in [-0.25, -0.2) is 0 Å². The summed E-state index contributed by atoms with van der Waals surface area (Å²) in [7, 11) is 2.21. The van der Waals surface area contributed by atoms with Gasteiger partial charge in [-0.1, -0.05) is 13.5 Å². The predicted octanol–water partition coefficient (Wildman–Crippen LogP) is 0.498. The van der Waals surface area contributed by atoms with Gasteiger partial charge in [-0.15, -0.1) is 0 Å². The molecule has 2 rings (SSSR count). The van der Waals surface area contributed by atoms with Gasteiger partial charge in [0.2, 0.25) is 0 Å². The van der Waals surface area contributed by atoms with Gasteiger partial charge >= 0.3 is 0 Å². The molecule has 0 spiro atoms. The molecule has 14 heavy (non-hydrogen) atoms. The molecule has 0 bridgehead atoms. The van der Waals surface area contributed by atoms with Gasteiger partial charge in [-0.2, -0.15) is 0 Å². The Morgan fingerprint density at radius 3 is 3.07 bits per heavy atom. The van der Waals surface area contributed by atoms with Crippen LogP contribution in [0, 0.1) is 0 Å². The first-order valence-corrected chi connectivity index (χ1v) is 5.57. The van der Waals surface area contributed by atoms with Crippen molar-refractivity contribution in [1.82, 2.24) is 15.1 Å². The number of piperazine rings is 1. The van der Waals surface area contributed by atoms with Crippen molar-refractivity contribution in [3.05, 3.63) is 12.3 Å². The molecule has 2 fully saturated rings. The predicted molar refractivity (Wildman–Crippen MR) is 59.2 cm³/mol. The Hall–Kier alpha value is -0.540. The van der Waals surface area contributed by atoms with Crippen LogP contribution in [0.1, 0.15) is 13.3 Å². The molecule has 2 saturated heterocycles. The average molecular weight is 195 g/mol. The van der Waals surface area contributed by atoms with Crippen LogP contribution in [0.4, 0.5) is 0 Å². The van der Waals surface area contributed by atoms with Crippen LogP contribution >= 0.6 is 0 Å². The molecule has 80 valence electrons. The molecule has 3 nitrogen and oxygen atoms in total. The third-order valence-corrected chi connectivity index (χ3v) is 3.51.